The van der Waals surface area contributed by atoms with Crippen molar-refractivity contribution < 1.29 is 4.79 Å². The van der Waals surface area contributed by atoms with Gasteiger partial charge in [0.15, 0.2) is 0 Å². The van der Waals surface area contributed by atoms with Crippen LogP contribution in [-0.4, -0.2) is 32.6 Å². The number of carbonyl (C=O) groups is 1. The molecular weight excluding hydrogens is 368 g/mol. The number of carbonyl (C=O) groups excluding carboxylic acids is 1. The molecule has 1 heterocycles. The molecule has 3 aromatic rings. The lowest BCUT2D eigenvalue weighted by atomic mass is 10.1. The van der Waals surface area contributed by atoms with E-state index in [2.05, 4.69) is 26.0 Å². The van der Waals surface area contributed by atoms with Crippen LogP contribution in [0, 0.1) is 0 Å². The maximum Gasteiger partial charge on any atom is 0.254 e. The van der Waals surface area contributed by atoms with Crippen LogP contribution in [0.4, 0.5) is 0 Å². The van der Waals surface area contributed by atoms with E-state index in [1.165, 1.54) is 6.33 Å². The van der Waals surface area contributed by atoms with Gasteiger partial charge in [0.25, 0.3) is 5.91 Å². The second-order valence-corrected chi connectivity index (χ2v) is 6.45. The van der Waals surface area contributed by atoms with E-state index in [4.69, 9.17) is 0 Å². The Morgan fingerprint density at radius 2 is 1.96 bits per heavy atom. The standard InChI is InChI=1S/C18H17BrN4O/c1-13(22(2)18(24)15-4-3-5-16(19)10-15)14-6-8-17(9-7-14)23-12-20-11-21-23/h3-13H,1-2H3. The minimum atomic E-state index is -0.0405. The number of hydrogen-bond acceptors (Lipinski definition) is 3. The highest BCUT2D eigenvalue weighted by atomic mass is 79.9. The summed E-state index contributed by atoms with van der Waals surface area (Å²) in [6, 6.07) is 15.3. The van der Waals surface area contributed by atoms with Crippen molar-refractivity contribution in [2.24, 2.45) is 0 Å². The van der Waals surface area contributed by atoms with E-state index in [9.17, 15) is 4.79 Å². The molecule has 1 aromatic heterocycles. The second-order valence-electron chi connectivity index (χ2n) is 5.53. The molecule has 122 valence electrons. The van der Waals surface area contributed by atoms with Crippen LogP contribution in [0.3, 0.4) is 0 Å². The summed E-state index contributed by atoms with van der Waals surface area (Å²) in [5, 5.41) is 4.11. The van der Waals surface area contributed by atoms with Crippen molar-refractivity contribution in [3.05, 3.63) is 76.8 Å². The Bertz CT molecular complexity index is 830. The predicted molar refractivity (Wildman–Crippen MR) is 96.0 cm³/mol. The fourth-order valence-electron chi connectivity index (χ4n) is 2.47. The van der Waals surface area contributed by atoms with Crippen LogP contribution in [-0.2, 0) is 0 Å². The minimum Gasteiger partial charge on any atom is -0.335 e. The van der Waals surface area contributed by atoms with E-state index in [0.29, 0.717) is 5.56 Å². The summed E-state index contributed by atoms with van der Waals surface area (Å²) in [7, 11) is 1.82. The fraction of sp³-hybridized carbons (Fsp3) is 0.167. The Hall–Kier alpha value is -2.47. The number of halogens is 1. The van der Waals surface area contributed by atoms with E-state index < -0.39 is 0 Å². The van der Waals surface area contributed by atoms with Gasteiger partial charge in [-0.25, -0.2) is 9.67 Å². The summed E-state index contributed by atoms with van der Waals surface area (Å²) >= 11 is 3.40. The van der Waals surface area contributed by atoms with Crippen molar-refractivity contribution in [3.8, 4) is 5.69 Å². The molecule has 1 amide bonds. The maximum absolute atomic E-state index is 12.6. The van der Waals surface area contributed by atoms with Crippen LogP contribution in [0.2, 0.25) is 0 Å². The predicted octanol–water partition coefficient (Wildman–Crippen LogP) is 3.86. The lowest BCUT2D eigenvalue weighted by Crippen LogP contribution is -2.29. The average Bonchev–Trinajstić information content (AvgIpc) is 3.14. The van der Waals surface area contributed by atoms with Crippen molar-refractivity contribution in [1.29, 1.82) is 0 Å². The third kappa shape index (κ3) is 3.38. The van der Waals surface area contributed by atoms with E-state index in [0.717, 1.165) is 15.7 Å². The zero-order valence-electron chi connectivity index (χ0n) is 13.4. The molecule has 0 fully saturated rings. The molecule has 3 rings (SSSR count). The Balaban J connectivity index is 1.78. The van der Waals surface area contributed by atoms with Crippen molar-refractivity contribution in [3.63, 3.8) is 0 Å². The van der Waals surface area contributed by atoms with Gasteiger partial charge in [-0.3, -0.25) is 4.79 Å². The molecule has 0 radical (unpaired) electrons. The van der Waals surface area contributed by atoms with Crippen LogP contribution in [0.5, 0.6) is 0 Å². The molecule has 1 atom stereocenters. The van der Waals surface area contributed by atoms with E-state index >= 15 is 0 Å². The topological polar surface area (TPSA) is 51.0 Å². The van der Waals surface area contributed by atoms with E-state index in [-0.39, 0.29) is 11.9 Å². The average molecular weight is 385 g/mol. The smallest absolute Gasteiger partial charge is 0.254 e. The van der Waals surface area contributed by atoms with Crippen LogP contribution >= 0.6 is 15.9 Å². The molecule has 0 spiro atoms. The molecule has 0 bridgehead atoms. The molecule has 0 saturated heterocycles. The molecule has 1 unspecified atom stereocenters. The van der Waals surface area contributed by atoms with Gasteiger partial charge < -0.3 is 4.90 Å². The normalized spacial score (nSPS) is 12.0. The van der Waals surface area contributed by atoms with Gasteiger partial charge in [-0.15, -0.1) is 0 Å². The zero-order chi connectivity index (χ0) is 17.1. The van der Waals surface area contributed by atoms with Gasteiger partial charge >= 0.3 is 0 Å². The van der Waals surface area contributed by atoms with Gasteiger partial charge in [-0.2, -0.15) is 5.10 Å². The maximum atomic E-state index is 12.6. The van der Waals surface area contributed by atoms with Crippen molar-refractivity contribution in [2.45, 2.75) is 13.0 Å². The van der Waals surface area contributed by atoms with E-state index in [1.807, 2.05) is 62.5 Å². The lowest BCUT2D eigenvalue weighted by Gasteiger charge is -2.25. The summed E-state index contributed by atoms with van der Waals surface area (Å²) in [6.07, 6.45) is 3.16. The summed E-state index contributed by atoms with van der Waals surface area (Å²) < 4.78 is 2.59. The lowest BCUT2D eigenvalue weighted by molar-refractivity contribution is 0.0742. The highest BCUT2D eigenvalue weighted by Crippen LogP contribution is 2.23. The molecule has 0 saturated carbocycles. The minimum absolute atomic E-state index is 0.0100. The van der Waals surface area contributed by atoms with Gasteiger partial charge in [0.05, 0.1) is 11.7 Å². The number of aromatic nitrogens is 3. The third-order valence-electron chi connectivity index (χ3n) is 4.03. The molecule has 0 N–H and O–H groups in total. The molecule has 24 heavy (non-hydrogen) atoms. The molecule has 0 aliphatic rings. The largest absolute Gasteiger partial charge is 0.335 e. The molecule has 5 nitrogen and oxygen atoms in total. The first-order valence-corrected chi connectivity index (χ1v) is 8.33. The van der Waals surface area contributed by atoms with Crippen molar-refractivity contribution >= 4 is 21.8 Å². The van der Waals surface area contributed by atoms with Gasteiger partial charge in [0.2, 0.25) is 0 Å². The van der Waals surface area contributed by atoms with Crippen LogP contribution in [0.15, 0.2) is 65.7 Å². The highest BCUT2D eigenvalue weighted by Gasteiger charge is 2.19. The molecule has 0 aliphatic carbocycles. The van der Waals surface area contributed by atoms with Crippen LogP contribution in [0.1, 0.15) is 28.9 Å². The number of hydrogen-bond donors (Lipinski definition) is 0. The quantitative estimate of drug-likeness (QED) is 0.685. The number of nitrogens with zero attached hydrogens (tertiary/aromatic N) is 4. The Labute approximate surface area is 149 Å². The van der Waals surface area contributed by atoms with Crippen molar-refractivity contribution in [2.75, 3.05) is 7.05 Å². The summed E-state index contributed by atoms with van der Waals surface area (Å²) in [5.41, 5.74) is 2.66. The van der Waals surface area contributed by atoms with Gasteiger partial charge in [-0.1, -0.05) is 34.1 Å². The number of amides is 1. The Kier molecular flexibility index (Phi) is 4.76. The van der Waals surface area contributed by atoms with Gasteiger partial charge in [0.1, 0.15) is 12.7 Å². The summed E-state index contributed by atoms with van der Waals surface area (Å²) in [5.74, 6) is -0.0100. The summed E-state index contributed by atoms with van der Waals surface area (Å²) in [6.45, 7) is 2.01. The molecule has 6 heteroatoms. The van der Waals surface area contributed by atoms with Gasteiger partial charge in [0, 0.05) is 17.1 Å². The monoisotopic (exact) mass is 384 g/mol. The van der Waals surface area contributed by atoms with Crippen molar-refractivity contribution in [1.82, 2.24) is 19.7 Å². The fourth-order valence-corrected chi connectivity index (χ4v) is 2.87. The second kappa shape index (κ2) is 6.97. The molecule has 2 aromatic carbocycles. The van der Waals surface area contributed by atoms with Gasteiger partial charge in [-0.05, 0) is 42.8 Å². The van der Waals surface area contributed by atoms with Crippen LogP contribution < -0.4 is 0 Å². The number of benzene rings is 2. The Morgan fingerprint density at radius 1 is 1.21 bits per heavy atom. The SMILES string of the molecule is CC(c1ccc(-n2cncn2)cc1)N(C)C(=O)c1cccc(Br)c1. The highest BCUT2D eigenvalue weighted by molar-refractivity contribution is 9.10. The first-order chi connectivity index (χ1) is 11.6. The third-order valence-corrected chi connectivity index (χ3v) is 4.52. The molecule has 0 aliphatic heterocycles. The van der Waals surface area contributed by atoms with Crippen LogP contribution in [0.25, 0.3) is 5.69 Å². The Morgan fingerprint density at radius 3 is 2.58 bits per heavy atom. The van der Waals surface area contributed by atoms with E-state index in [1.54, 1.807) is 15.9 Å². The number of rotatable bonds is 4. The zero-order valence-corrected chi connectivity index (χ0v) is 15.0. The summed E-state index contributed by atoms with van der Waals surface area (Å²) in [4.78, 5) is 18.3. The first-order valence-electron chi connectivity index (χ1n) is 7.54. The molecular formula is C18H17BrN4O. The first kappa shape index (κ1) is 16.4.